The summed E-state index contributed by atoms with van der Waals surface area (Å²) >= 11 is 0. The van der Waals surface area contributed by atoms with Gasteiger partial charge in [-0.2, -0.15) is 28.3 Å². The van der Waals surface area contributed by atoms with Crippen LogP contribution in [0.15, 0.2) is 6.07 Å². The fourth-order valence-corrected chi connectivity index (χ4v) is 1.13. The van der Waals surface area contributed by atoms with Crippen LogP contribution in [0.4, 0.5) is 0 Å². The number of rotatable bonds is 0. The molecule has 0 amide bonds. The van der Waals surface area contributed by atoms with Gasteiger partial charge in [-0.05, 0) is 0 Å². The molecule has 14 heavy (non-hydrogen) atoms. The normalized spacial score (nSPS) is 7.00. The van der Waals surface area contributed by atoms with Crippen molar-refractivity contribution in [1.82, 2.24) is 0 Å². The van der Waals surface area contributed by atoms with Gasteiger partial charge in [0.1, 0.15) is 0 Å². The number of aryl methyl sites for hydroxylation is 2. The molecule has 0 aliphatic rings. The van der Waals surface area contributed by atoms with Crippen molar-refractivity contribution in [3.63, 3.8) is 0 Å². The van der Waals surface area contributed by atoms with Gasteiger partial charge in [0.15, 0.2) is 0 Å². The first kappa shape index (κ1) is 24.0. The third kappa shape index (κ3) is 6.16. The minimum absolute atomic E-state index is 0. The van der Waals surface area contributed by atoms with Gasteiger partial charge in [0, 0.05) is 7.11 Å². The van der Waals surface area contributed by atoms with Crippen molar-refractivity contribution >= 4 is 0 Å². The summed E-state index contributed by atoms with van der Waals surface area (Å²) in [7, 11) is 1.00. The number of halogens is 2. The van der Waals surface area contributed by atoms with Gasteiger partial charge in [0.25, 0.3) is 0 Å². The molecule has 1 aromatic rings. The van der Waals surface area contributed by atoms with Crippen LogP contribution < -0.4 is 24.8 Å². The van der Waals surface area contributed by atoms with E-state index in [1.807, 2.05) is 0 Å². The summed E-state index contributed by atoms with van der Waals surface area (Å²) in [4.78, 5) is 0. The summed E-state index contributed by atoms with van der Waals surface area (Å²) < 4.78 is 0. The van der Waals surface area contributed by atoms with Crippen molar-refractivity contribution in [2.24, 2.45) is 0 Å². The van der Waals surface area contributed by atoms with E-state index in [-0.39, 0.29) is 46.5 Å². The molecule has 0 aromatic heterocycles. The van der Waals surface area contributed by atoms with E-state index in [0.717, 1.165) is 7.11 Å². The van der Waals surface area contributed by atoms with Gasteiger partial charge in [0.2, 0.25) is 0 Å². The first-order valence-corrected chi connectivity index (χ1v) is 3.77. The Morgan fingerprint density at radius 3 is 1.50 bits per heavy atom. The molecule has 0 atom stereocenters. The van der Waals surface area contributed by atoms with E-state index in [2.05, 4.69) is 33.8 Å². The Kier molecular flexibility index (Phi) is 20.0. The zero-order valence-electron chi connectivity index (χ0n) is 9.28. The maximum Gasteiger partial charge on any atom is 3.00 e. The second kappa shape index (κ2) is 11.7. The molecule has 0 unspecified atom stereocenters. The van der Waals surface area contributed by atoms with E-state index in [0.29, 0.717) is 0 Å². The first-order valence-electron chi connectivity index (χ1n) is 3.77. The Morgan fingerprint density at radius 1 is 1.07 bits per heavy atom. The Balaban J connectivity index is -0.0000000942. The zero-order chi connectivity index (χ0) is 9.02. The van der Waals surface area contributed by atoms with Crippen molar-refractivity contribution in [2.45, 2.75) is 27.7 Å². The smallest absolute Gasteiger partial charge is 1.00 e. The summed E-state index contributed by atoms with van der Waals surface area (Å²) in [5, 5.41) is 7.00. The van der Waals surface area contributed by atoms with E-state index in [1.54, 1.807) is 0 Å². The molecule has 4 heteroatoms. The fraction of sp³-hybridized carbons (Fsp3) is 0.500. The van der Waals surface area contributed by atoms with E-state index in [9.17, 15) is 0 Å². The zero-order valence-corrected chi connectivity index (χ0v) is 12.4. The van der Waals surface area contributed by atoms with Crippen molar-refractivity contribution in [3.05, 3.63) is 28.3 Å². The molecule has 0 heterocycles. The molecular formula is C10H17Cl2OTi. The summed E-state index contributed by atoms with van der Waals surface area (Å²) in [6.45, 7) is 8.68. The number of aliphatic hydroxyl groups is 1. The fourth-order valence-electron chi connectivity index (χ4n) is 1.13. The maximum absolute atomic E-state index is 7.00. The quantitative estimate of drug-likeness (QED) is 0.380. The topological polar surface area (TPSA) is 20.2 Å². The molecule has 1 rings (SSSR count). The standard InChI is InChI=1S/C9H13.CH4O.2ClH.Ti/c1-6-5-7(2)9(4)8(6)3;1-2;;;/h5H,1-4H3;2H,1H3;2*1H;/q-1;;;;+3/p-2. The van der Waals surface area contributed by atoms with E-state index in [4.69, 9.17) is 5.11 Å². The molecule has 0 bridgehead atoms. The molecule has 1 nitrogen and oxygen atoms in total. The van der Waals surface area contributed by atoms with Crippen LogP contribution in [0.3, 0.4) is 0 Å². The largest absolute Gasteiger partial charge is 3.00 e. The monoisotopic (exact) mass is 271 g/mol. The van der Waals surface area contributed by atoms with Gasteiger partial charge in [-0.25, -0.2) is 0 Å². The molecule has 1 radical (unpaired) electrons. The Hall–Kier alpha value is 0.604. The number of hydrogen-bond acceptors (Lipinski definition) is 1. The van der Waals surface area contributed by atoms with Crippen molar-refractivity contribution in [1.29, 1.82) is 0 Å². The van der Waals surface area contributed by atoms with Crippen molar-refractivity contribution in [2.75, 3.05) is 7.11 Å². The van der Waals surface area contributed by atoms with Gasteiger partial charge in [-0.1, -0.05) is 27.7 Å². The van der Waals surface area contributed by atoms with Gasteiger partial charge in [-0.3, -0.25) is 0 Å². The van der Waals surface area contributed by atoms with Gasteiger partial charge < -0.3 is 29.9 Å². The Labute approximate surface area is 114 Å². The number of aliphatic hydroxyl groups excluding tert-OH is 1. The summed E-state index contributed by atoms with van der Waals surface area (Å²) in [6, 6.07) is 2.24. The van der Waals surface area contributed by atoms with E-state index < -0.39 is 0 Å². The third-order valence-electron chi connectivity index (χ3n) is 2.18. The number of hydrogen-bond donors (Lipinski definition) is 1. The minimum atomic E-state index is 0. The predicted octanol–water partition coefficient (Wildman–Crippen LogP) is -3.75. The van der Waals surface area contributed by atoms with Crippen LogP contribution >= 0.6 is 0 Å². The van der Waals surface area contributed by atoms with Crippen molar-refractivity contribution < 1.29 is 51.6 Å². The molecule has 0 aliphatic heterocycles. The molecule has 0 saturated carbocycles. The summed E-state index contributed by atoms with van der Waals surface area (Å²) in [5.74, 6) is 0. The summed E-state index contributed by atoms with van der Waals surface area (Å²) in [5.41, 5.74) is 5.75. The van der Waals surface area contributed by atoms with Gasteiger partial charge in [0.05, 0.1) is 0 Å². The van der Waals surface area contributed by atoms with Crippen LogP contribution in [-0.2, 0) is 21.7 Å². The van der Waals surface area contributed by atoms with Gasteiger partial charge >= 0.3 is 21.7 Å². The van der Waals surface area contributed by atoms with Crippen LogP contribution in [0.1, 0.15) is 22.3 Å². The predicted molar refractivity (Wildman–Crippen MR) is 49.1 cm³/mol. The second-order valence-corrected chi connectivity index (χ2v) is 2.76. The maximum atomic E-state index is 7.00. The molecule has 1 aromatic carbocycles. The Bertz CT molecular complexity index is 212. The average Bonchev–Trinajstić information content (AvgIpc) is 2.22. The molecule has 81 valence electrons. The first-order chi connectivity index (χ1) is 5.13. The molecule has 1 N–H and O–H groups in total. The molecule has 0 fully saturated rings. The van der Waals surface area contributed by atoms with Crippen LogP contribution in [0.25, 0.3) is 0 Å². The van der Waals surface area contributed by atoms with E-state index in [1.165, 1.54) is 22.3 Å². The van der Waals surface area contributed by atoms with E-state index >= 15 is 0 Å². The summed E-state index contributed by atoms with van der Waals surface area (Å²) in [6.07, 6.45) is 0. The van der Waals surface area contributed by atoms with Crippen LogP contribution in [0.2, 0.25) is 0 Å². The average molecular weight is 272 g/mol. The molecule has 0 aliphatic carbocycles. The molecular weight excluding hydrogens is 255 g/mol. The third-order valence-corrected chi connectivity index (χ3v) is 2.18. The van der Waals surface area contributed by atoms with Crippen LogP contribution in [0, 0.1) is 27.7 Å². The van der Waals surface area contributed by atoms with Crippen molar-refractivity contribution in [3.8, 4) is 0 Å². The van der Waals surface area contributed by atoms with Gasteiger partial charge in [-0.15, -0.1) is 0 Å². The second-order valence-electron chi connectivity index (χ2n) is 2.76. The SMILES string of the molecule is CO.Cc1c[c-](C)c(C)c1C.[Cl-].[Cl-].[Ti+3]. The van der Waals surface area contributed by atoms with Crippen LogP contribution in [-0.4, -0.2) is 12.2 Å². The molecule has 0 saturated heterocycles. The minimum Gasteiger partial charge on any atom is -1.00 e. The Morgan fingerprint density at radius 2 is 1.43 bits per heavy atom. The molecule has 0 spiro atoms. The van der Waals surface area contributed by atoms with Crippen LogP contribution in [0.5, 0.6) is 0 Å².